The van der Waals surface area contributed by atoms with Crippen molar-refractivity contribution in [1.29, 1.82) is 0 Å². The summed E-state index contributed by atoms with van der Waals surface area (Å²) in [4.78, 5) is 0. The highest BCUT2D eigenvalue weighted by atomic mass is 32.1. The molecule has 2 nitrogen and oxygen atoms in total. The first-order valence-corrected chi connectivity index (χ1v) is 18.2. The second-order valence-corrected chi connectivity index (χ2v) is 14.4. The van der Waals surface area contributed by atoms with Crippen molar-refractivity contribution in [2.45, 2.75) is 0 Å². The van der Waals surface area contributed by atoms with Crippen LogP contribution in [0.2, 0.25) is 0 Å². The van der Waals surface area contributed by atoms with Crippen LogP contribution in [0.1, 0.15) is 0 Å². The molecule has 238 valence electrons. The molecule has 0 aliphatic heterocycles. The van der Waals surface area contributed by atoms with Crippen LogP contribution in [0.3, 0.4) is 0 Å². The lowest BCUT2D eigenvalue weighted by Crippen LogP contribution is -1.94. The smallest absolute Gasteiger partial charge is 0.0548 e. The molecule has 0 atom stereocenters. The van der Waals surface area contributed by atoms with E-state index < -0.39 is 0 Å². The summed E-state index contributed by atoms with van der Waals surface area (Å²) in [5, 5.41) is 7.75. The van der Waals surface area contributed by atoms with Gasteiger partial charge in [0, 0.05) is 53.1 Å². The molecule has 0 N–H and O–H groups in total. The van der Waals surface area contributed by atoms with Gasteiger partial charge in [0.15, 0.2) is 0 Å². The topological polar surface area (TPSA) is 9.86 Å². The van der Waals surface area contributed by atoms with Gasteiger partial charge in [0.1, 0.15) is 0 Å². The van der Waals surface area contributed by atoms with E-state index in [1.54, 1.807) is 0 Å². The van der Waals surface area contributed by atoms with Crippen molar-refractivity contribution in [2.75, 3.05) is 0 Å². The van der Waals surface area contributed by atoms with Crippen LogP contribution < -0.4 is 0 Å². The molecule has 0 saturated heterocycles. The summed E-state index contributed by atoms with van der Waals surface area (Å²) in [7, 11) is 0. The van der Waals surface area contributed by atoms with Crippen LogP contribution in [0.25, 0.3) is 97.4 Å². The zero-order valence-electron chi connectivity index (χ0n) is 27.6. The highest BCUT2D eigenvalue weighted by Gasteiger charge is 2.17. The number of hydrogen-bond donors (Lipinski definition) is 0. The molecule has 3 heteroatoms. The third kappa shape index (κ3) is 4.35. The monoisotopic (exact) mass is 666 g/mol. The quantitative estimate of drug-likeness (QED) is 0.177. The highest BCUT2D eigenvalue weighted by Crippen LogP contribution is 2.42. The van der Waals surface area contributed by atoms with Crippen molar-refractivity contribution in [3.63, 3.8) is 0 Å². The van der Waals surface area contributed by atoms with Crippen molar-refractivity contribution >= 4 is 75.1 Å². The van der Waals surface area contributed by atoms with E-state index in [2.05, 4.69) is 191 Å². The lowest BCUT2D eigenvalue weighted by molar-refractivity contribution is 1.18. The molecular formula is C48H30N2S. The molecule has 0 aliphatic carbocycles. The largest absolute Gasteiger partial charge is 0.309 e. The van der Waals surface area contributed by atoms with Crippen molar-refractivity contribution < 1.29 is 0 Å². The summed E-state index contributed by atoms with van der Waals surface area (Å²) in [6.07, 6.45) is 0. The normalized spacial score (nSPS) is 11.9. The van der Waals surface area contributed by atoms with Crippen LogP contribution in [0.4, 0.5) is 0 Å². The van der Waals surface area contributed by atoms with Crippen LogP contribution in [0.5, 0.6) is 0 Å². The number of rotatable bonds is 4. The van der Waals surface area contributed by atoms with Gasteiger partial charge in [-0.25, -0.2) is 0 Å². The Morgan fingerprint density at radius 1 is 0.275 bits per heavy atom. The molecule has 3 heterocycles. The van der Waals surface area contributed by atoms with E-state index in [1.807, 2.05) is 11.3 Å². The first kappa shape index (κ1) is 28.4. The van der Waals surface area contributed by atoms with Crippen LogP contribution in [-0.2, 0) is 0 Å². The lowest BCUT2D eigenvalue weighted by atomic mass is 10.0. The van der Waals surface area contributed by atoms with Crippen molar-refractivity contribution in [2.24, 2.45) is 0 Å². The van der Waals surface area contributed by atoms with E-state index in [1.165, 1.54) is 91.7 Å². The molecular weight excluding hydrogens is 637 g/mol. The first-order chi connectivity index (χ1) is 25.3. The number of thiophene rings is 1. The van der Waals surface area contributed by atoms with Gasteiger partial charge in [0.2, 0.25) is 0 Å². The van der Waals surface area contributed by atoms with E-state index in [0.717, 1.165) is 5.69 Å². The Kier molecular flexibility index (Phi) is 6.16. The fraction of sp³-hybridized carbons (Fsp3) is 0. The van der Waals surface area contributed by atoms with Gasteiger partial charge in [0.25, 0.3) is 0 Å². The summed E-state index contributed by atoms with van der Waals surface area (Å²) in [5.74, 6) is 0. The average Bonchev–Trinajstić information content (AvgIpc) is 3.84. The van der Waals surface area contributed by atoms with Gasteiger partial charge in [0.05, 0.1) is 22.1 Å². The third-order valence-corrected chi connectivity index (χ3v) is 11.7. The highest BCUT2D eigenvalue weighted by molar-refractivity contribution is 7.25. The van der Waals surface area contributed by atoms with Crippen LogP contribution in [0, 0.1) is 0 Å². The second kappa shape index (κ2) is 11.0. The predicted molar refractivity (Wildman–Crippen MR) is 219 cm³/mol. The molecule has 0 saturated carbocycles. The van der Waals surface area contributed by atoms with Crippen molar-refractivity contribution in [1.82, 2.24) is 9.13 Å². The number of hydrogen-bond acceptors (Lipinski definition) is 1. The van der Waals surface area contributed by atoms with Gasteiger partial charge in [-0.05, 0) is 89.0 Å². The van der Waals surface area contributed by atoms with Gasteiger partial charge in [-0.3, -0.25) is 0 Å². The van der Waals surface area contributed by atoms with Crippen molar-refractivity contribution in [3.05, 3.63) is 182 Å². The minimum atomic E-state index is 1.16. The van der Waals surface area contributed by atoms with E-state index in [0.29, 0.717) is 0 Å². The Morgan fingerprint density at radius 3 is 1.31 bits per heavy atom. The van der Waals surface area contributed by atoms with E-state index in [9.17, 15) is 0 Å². The fourth-order valence-electron chi connectivity index (χ4n) is 8.13. The molecule has 0 unspecified atom stereocenters. The molecule has 0 amide bonds. The second-order valence-electron chi connectivity index (χ2n) is 13.4. The number of benzene rings is 8. The first-order valence-electron chi connectivity index (χ1n) is 17.4. The zero-order chi connectivity index (χ0) is 33.5. The molecule has 0 radical (unpaired) electrons. The standard InChI is InChI=1S/C48H30N2S/c1-2-10-31(11-3-1)34-22-27-47-41(28-34)42-29-46-40(30-48(42)51-47)39-14-6-9-17-45(39)50(46)36-25-20-33(21-26-36)32-18-23-35(24-19-32)49-43-15-7-4-12-37(43)38-13-5-8-16-44(38)49/h1-30H. The van der Waals surface area contributed by atoms with Crippen LogP contribution in [-0.4, -0.2) is 9.13 Å². The summed E-state index contributed by atoms with van der Waals surface area (Å²) in [5.41, 5.74) is 12.1. The molecule has 51 heavy (non-hydrogen) atoms. The molecule has 8 aromatic carbocycles. The maximum Gasteiger partial charge on any atom is 0.0548 e. The Bertz CT molecular complexity index is 3050. The van der Waals surface area contributed by atoms with Gasteiger partial charge >= 0.3 is 0 Å². The van der Waals surface area contributed by atoms with Crippen LogP contribution in [0.15, 0.2) is 182 Å². The number of nitrogens with zero attached hydrogens (tertiary/aromatic N) is 2. The fourth-order valence-corrected chi connectivity index (χ4v) is 9.24. The molecule has 3 aromatic heterocycles. The van der Waals surface area contributed by atoms with E-state index >= 15 is 0 Å². The zero-order valence-corrected chi connectivity index (χ0v) is 28.4. The minimum absolute atomic E-state index is 1.16. The Hall–Kier alpha value is -6.42. The van der Waals surface area contributed by atoms with E-state index in [-0.39, 0.29) is 0 Å². The minimum Gasteiger partial charge on any atom is -0.309 e. The summed E-state index contributed by atoms with van der Waals surface area (Å²) < 4.78 is 7.45. The van der Waals surface area contributed by atoms with E-state index in [4.69, 9.17) is 0 Å². The molecule has 11 rings (SSSR count). The third-order valence-electron chi connectivity index (χ3n) is 10.5. The average molecular weight is 667 g/mol. The number of aromatic nitrogens is 2. The molecule has 11 aromatic rings. The molecule has 0 spiro atoms. The Balaban J connectivity index is 1.01. The van der Waals surface area contributed by atoms with Gasteiger partial charge in [-0.15, -0.1) is 11.3 Å². The Morgan fingerprint density at radius 2 is 0.725 bits per heavy atom. The van der Waals surface area contributed by atoms with Gasteiger partial charge in [-0.1, -0.05) is 115 Å². The summed E-state index contributed by atoms with van der Waals surface area (Å²) >= 11 is 1.88. The van der Waals surface area contributed by atoms with Crippen LogP contribution >= 0.6 is 11.3 Å². The summed E-state index contributed by atoms with van der Waals surface area (Å²) in [6, 6.07) is 66.6. The van der Waals surface area contributed by atoms with Crippen molar-refractivity contribution in [3.8, 4) is 33.6 Å². The predicted octanol–water partition coefficient (Wildman–Crippen LogP) is 13.6. The number of para-hydroxylation sites is 3. The maximum atomic E-state index is 2.43. The summed E-state index contributed by atoms with van der Waals surface area (Å²) in [6.45, 7) is 0. The maximum absolute atomic E-state index is 2.43. The number of fused-ring (bicyclic) bond motifs is 9. The molecule has 0 fully saturated rings. The Labute approximate surface area is 298 Å². The van der Waals surface area contributed by atoms with Gasteiger partial charge < -0.3 is 9.13 Å². The molecule has 0 aliphatic rings. The SMILES string of the molecule is c1ccc(-c2ccc3sc4cc5c6ccccc6n(-c6ccc(-c7ccc(-n8c9ccccc9c9ccccc98)cc7)cc6)c5cc4c3c2)cc1. The lowest BCUT2D eigenvalue weighted by Gasteiger charge is -2.11. The molecule has 0 bridgehead atoms. The van der Waals surface area contributed by atoms with Gasteiger partial charge in [-0.2, -0.15) is 0 Å².